The summed E-state index contributed by atoms with van der Waals surface area (Å²) in [4.78, 5) is 33.6. The number of hydrogen-bond acceptors (Lipinski definition) is 5. The maximum absolute atomic E-state index is 12.3. The molecule has 0 aromatic heterocycles. The first kappa shape index (κ1) is 20.1. The average molecular weight is 370 g/mol. The van der Waals surface area contributed by atoms with E-state index in [0.29, 0.717) is 12.2 Å². The molecule has 2 rings (SSSR count). The number of nitrogens with one attached hydrogen (secondary N) is 1. The maximum Gasteiger partial charge on any atom is 0.270 e. The summed E-state index contributed by atoms with van der Waals surface area (Å²) in [6, 6.07) is 13.2. The summed E-state index contributed by atoms with van der Waals surface area (Å²) >= 11 is 0. The van der Waals surface area contributed by atoms with E-state index in [1.807, 2.05) is 30.3 Å². The van der Waals surface area contributed by atoms with Gasteiger partial charge in [0.25, 0.3) is 11.6 Å². The predicted molar refractivity (Wildman–Crippen MR) is 101 cm³/mol. The lowest BCUT2D eigenvalue weighted by Crippen LogP contribution is -2.33. The second-order valence-electron chi connectivity index (χ2n) is 6.55. The molecule has 0 bridgehead atoms. The molecule has 1 amide bonds. The van der Waals surface area contributed by atoms with Crippen LogP contribution in [0.5, 0.6) is 5.75 Å². The van der Waals surface area contributed by atoms with E-state index in [-0.39, 0.29) is 35.6 Å². The number of nitro benzene ring substituents is 1. The molecular weight excluding hydrogens is 348 g/mol. The highest BCUT2D eigenvalue weighted by Crippen LogP contribution is 2.23. The van der Waals surface area contributed by atoms with E-state index < -0.39 is 4.92 Å². The standard InChI is InChI=1S/C20H22N2O5/c1-14(2)10-18(15-6-4-3-5-7-15)21-20(24)13-27-19-9-8-17(22(25)26)11-16(19)12-23/h3-9,11-12,14,18H,10,13H2,1-2H3,(H,21,24)/t18-/m1/s1. The van der Waals surface area contributed by atoms with Gasteiger partial charge in [-0.25, -0.2) is 0 Å². The van der Waals surface area contributed by atoms with Crippen molar-refractivity contribution in [3.8, 4) is 5.75 Å². The van der Waals surface area contributed by atoms with Crippen molar-refractivity contribution >= 4 is 17.9 Å². The molecule has 0 saturated carbocycles. The molecule has 142 valence electrons. The van der Waals surface area contributed by atoms with Crippen LogP contribution in [0, 0.1) is 16.0 Å². The summed E-state index contributed by atoms with van der Waals surface area (Å²) in [6.07, 6.45) is 1.23. The Morgan fingerprint density at radius 3 is 2.52 bits per heavy atom. The van der Waals surface area contributed by atoms with E-state index in [2.05, 4.69) is 19.2 Å². The number of non-ortho nitro benzene ring substituents is 1. The molecule has 27 heavy (non-hydrogen) atoms. The molecule has 0 aliphatic heterocycles. The van der Waals surface area contributed by atoms with Crippen molar-refractivity contribution in [1.29, 1.82) is 0 Å². The predicted octanol–water partition coefficient (Wildman–Crippen LogP) is 3.69. The third kappa shape index (κ3) is 5.91. The monoisotopic (exact) mass is 370 g/mol. The summed E-state index contributed by atoms with van der Waals surface area (Å²) in [5, 5.41) is 13.7. The van der Waals surface area contributed by atoms with Crippen molar-refractivity contribution in [3.63, 3.8) is 0 Å². The van der Waals surface area contributed by atoms with E-state index in [1.165, 1.54) is 12.1 Å². The lowest BCUT2D eigenvalue weighted by molar-refractivity contribution is -0.384. The SMILES string of the molecule is CC(C)C[C@@H](NC(=O)COc1ccc([N+](=O)[O-])cc1C=O)c1ccccc1. The Kier molecular flexibility index (Phi) is 7.05. The first-order valence-electron chi connectivity index (χ1n) is 8.61. The molecule has 0 unspecified atom stereocenters. The lowest BCUT2D eigenvalue weighted by Gasteiger charge is -2.21. The number of rotatable bonds is 9. The van der Waals surface area contributed by atoms with Gasteiger partial charge in [-0.1, -0.05) is 44.2 Å². The fourth-order valence-electron chi connectivity index (χ4n) is 2.69. The average Bonchev–Trinajstić information content (AvgIpc) is 2.66. The second kappa shape index (κ2) is 9.47. The van der Waals surface area contributed by atoms with Crippen LogP contribution in [0.1, 0.15) is 42.2 Å². The van der Waals surface area contributed by atoms with Crippen LogP contribution in [0.3, 0.4) is 0 Å². The first-order valence-corrected chi connectivity index (χ1v) is 8.61. The molecule has 7 heteroatoms. The molecule has 0 heterocycles. The molecule has 0 radical (unpaired) electrons. The first-order chi connectivity index (χ1) is 12.9. The van der Waals surface area contributed by atoms with Crippen molar-refractivity contribution in [2.75, 3.05) is 6.61 Å². The molecule has 0 saturated heterocycles. The number of carbonyl (C=O) groups excluding carboxylic acids is 2. The molecule has 1 atom stereocenters. The summed E-state index contributed by atoms with van der Waals surface area (Å²) in [5.74, 6) is 0.179. The summed E-state index contributed by atoms with van der Waals surface area (Å²) in [5.41, 5.74) is 0.817. The highest BCUT2D eigenvalue weighted by Gasteiger charge is 2.17. The van der Waals surface area contributed by atoms with Crippen molar-refractivity contribution < 1.29 is 19.2 Å². The minimum atomic E-state index is -0.597. The van der Waals surface area contributed by atoms with Crippen LogP contribution in [-0.2, 0) is 4.79 Å². The van der Waals surface area contributed by atoms with Crippen LogP contribution in [0.2, 0.25) is 0 Å². The lowest BCUT2D eigenvalue weighted by atomic mass is 9.97. The van der Waals surface area contributed by atoms with E-state index in [1.54, 1.807) is 0 Å². The second-order valence-corrected chi connectivity index (χ2v) is 6.55. The Morgan fingerprint density at radius 2 is 1.93 bits per heavy atom. The van der Waals surface area contributed by atoms with Gasteiger partial charge in [0.1, 0.15) is 5.75 Å². The van der Waals surface area contributed by atoms with Gasteiger partial charge < -0.3 is 10.1 Å². The molecule has 2 aromatic carbocycles. The van der Waals surface area contributed by atoms with Crippen LogP contribution < -0.4 is 10.1 Å². The molecular formula is C20H22N2O5. The number of ether oxygens (including phenoxy) is 1. The molecule has 2 aromatic rings. The fourth-order valence-corrected chi connectivity index (χ4v) is 2.69. The highest BCUT2D eigenvalue weighted by atomic mass is 16.6. The van der Waals surface area contributed by atoms with Gasteiger partial charge in [-0.2, -0.15) is 0 Å². The van der Waals surface area contributed by atoms with Crippen molar-refractivity contribution in [2.45, 2.75) is 26.3 Å². The number of amides is 1. The van der Waals surface area contributed by atoms with Crippen LogP contribution in [0.15, 0.2) is 48.5 Å². The van der Waals surface area contributed by atoms with Crippen molar-refractivity contribution in [3.05, 3.63) is 69.8 Å². The number of nitro groups is 1. The van der Waals surface area contributed by atoms with Gasteiger partial charge in [0, 0.05) is 12.1 Å². The fraction of sp³-hybridized carbons (Fsp3) is 0.300. The molecule has 0 fully saturated rings. The zero-order valence-corrected chi connectivity index (χ0v) is 15.3. The Hall–Kier alpha value is -3.22. The van der Waals surface area contributed by atoms with Crippen LogP contribution >= 0.6 is 0 Å². The minimum Gasteiger partial charge on any atom is -0.483 e. The number of aldehydes is 1. The molecule has 7 nitrogen and oxygen atoms in total. The Bertz CT molecular complexity index is 805. The Balaban J connectivity index is 2.04. The summed E-state index contributed by atoms with van der Waals surface area (Å²) in [6.45, 7) is 3.86. The number of hydrogen-bond donors (Lipinski definition) is 1. The van der Waals surface area contributed by atoms with E-state index in [9.17, 15) is 19.7 Å². The van der Waals surface area contributed by atoms with Gasteiger partial charge in [0.2, 0.25) is 0 Å². The van der Waals surface area contributed by atoms with Gasteiger partial charge in [0.15, 0.2) is 12.9 Å². The van der Waals surface area contributed by atoms with Crippen LogP contribution in [-0.4, -0.2) is 23.7 Å². The number of benzene rings is 2. The molecule has 1 N–H and O–H groups in total. The van der Waals surface area contributed by atoms with Gasteiger partial charge in [0.05, 0.1) is 16.5 Å². The summed E-state index contributed by atoms with van der Waals surface area (Å²) < 4.78 is 5.40. The Morgan fingerprint density at radius 1 is 1.22 bits per heavy atom. The van der Waals surface area contributed by atoms with E-state index in [4.69, 9.17) is 4.74 Å². The molecule has 0 spiro atoms. The van der Waals surface area contributed by atoms with E-state index >= 15 is 0 Å². The van der Waals surface area contributed by atoms with Crippen LogP contribution in [0.4, 0.5) is 5.69 Å². The van der Waals surface area contributed by atoms with Crippen molar-refractivity contribution in [1.82, 2.24) is 5.32 Å². The third-order valence-corrected chi connectivity index (χ3v) is 3.93. The van der Waals surface area contributed by atoms with Gasteiger partial charge in [-0.15, -0.1) is 0 Å². The third-order valence-electron chi connectivity index (χ3n) is 3.93. The van der Waals surface area contributed by atoms with Crippen LogP contribution in [0.25, 0.3) is 0 Å². The maximum atomic E-state index is 12.3. The topological polar surface area (TPSA) is 98.5 Å². The molecule has 0 aliphatic rings. The minimum absolute atomic E-state index is 0.0267. The number of carbonyl (C=O) groups is 2. The zero-order chi connectivity index (χ0) is 19.8. The zero-order valence-electron chi connectivity index (χ0n) is 15.3. The Labute approximate surface area is 157 Å². The highest BCUT2D eigenvalue weighted by molar-refractivity contribution is 5.82. The van der Waals surface area contributed by atoms with E-state index in [0.717, 1.165) is 18.1 Å². The van der Waals surface area contributed by atoms with Crippen molar-refractivity contribution in [2.24, 2.45) is 5.92 Å². The quantitative estimate of drug-likeness (QED) is 0.412. The largest absolute Gasteiger partial charge is 0.483 e. The van der Waals surface area contributed by atoms with Gasteiger partial charge >= 0.3 is 0 Å². The molecule has 0 aliphatic carbocycles. The van der Waals surface area contributed by atoms with Gasteiger partial charge in [-0.05, 0) is 24.0 Å². The summed E-state index contributed by atoms with van der Waals surface area (Å²) in [7, 11) is 0. The smallest absolute Gasteiger partial charge is 0.270 e. The van der Waals surface area contributed by atoms with Gasteiger partial charge in [-0.3, -0.25) is 19.7 Å². The number of nitrogens with zero attached hydrogens (tertiary/aromatic N) is 1. The normalized spacial score (nSPS) is 11.7.